The molecular weight excluding hydrogens is 444 g/mol. The summed E-state index contributed by atoms with van der Waals surface area (Å²) < 4.78 is 25.0. The number of hydrogen-bond donors (Lipinski definition) is 4. The Morgan fingerprint density at radius 1 is 1.41 bits per heavy atom. The molecule has 2 amide bonds. The van der Waals surface area contributed by atoms with Crippen LogP contribution in [-0.2, 0) is 24.4 Å². The van der Waals surface area contributed by atoms with Gasteiger partial charge in [-0.05, 0) is 17.7 Å². The predicted octanol–water partition coefficient (Wildman–Crippen LogP) is -0.00720. The van der Waals surface area contributed by atoms with E-state index < -0.39 is 45.3 Å². The number of benzene rings is 1. The summed E-state index contributed by atoms with van der Waals surface area (Å²) in [6, 6.07) is 3.91. The monoisotopic (exact) mass is 460 g/mol. The number of carbonyl (C=O) groups excluding carboxylic acids is 2. The fourth-order valence-corrected chi connectivity index (χ4v) is 5.09. The van der Waals surface area contributed by atoms with Crippen molar-refractivity contribution in [1.82, 2.24) is 10.2 Å². The third kappa shape index (κ3) is 4.34. The highest BCUT2D eigenvalue weighted by atomic mass is 35.5. The molecular formula is C16H17ClN4O6S2. The Balaban J connectivity index is 1.71. The second-order valence-electron chi connectivity index (χ2n) is 6.43. The molecule has 29 heavy (non-hydrogen) atoms. The number of amides is 2. The molecule has 1 aromatic rings. The highest BCUT2D eigenvalue weighted by Crippen LogP contribution is 2.41. The lowest BCUT2D eigenvalue weighted by molar-refractivity contribution is -0.150. The number of nitrogens with one attached hydrogen (secondary N) is 2. The zero-order valence-electron chi connectivity index (χ0n) is 15.0. The van der Waals surface area contributed by atoms with Gasteiger partial charge in [0.15, 0.2) is 0 Å². The van der Waals surface area contributed by atoms with Crippen molar-refractivity contribution in [1.29, 1.82) is 0 Å². The highest BCUT2D eigenvalue weighted by molar-refractivity contribution is 8.00. The number of sulfonamides is 1. The maximum Gasteiger partial charge on any atom is 0.353 e. The number of thioether (sulfide) groups is 1. The van der Waals surface area contributed by atoms with Crippen LogP contribution >= 0.6 is 23.4 Å². The van der Waals surface area contributed by atoms with E-state index in [4.69, 9.17) is 17.3 Å². The van der Waals surface area contributed by atoms with E-state index in [0.717, 1.165) is 11.2 Å². The predicted molar refractivity (Wildman–Crippen MR) is 107 cm³/mol. The molecule has 0 spiro atoms. The molecule has 0 radical (unpaired) electrons. The second-order valence-corrected chi connectivity index (χ2v) is 9.74. The molecule has 3 atom stereocenters. The summed E-state index contributed by atoms with van der Waals surface area (Å²) in [5.74, 6) is -2.36. The molecule has 2 aliphatic heterocycles. The first-order valence-electron chi connectivity index (χ1n) is 8.20. The lowest BCUT2D eigenvalue weighted by atomic mass is 10.0. The second kappa shape index (κ2) is 7.86. The van der Waals surface area contributed by atoms with Crippen LogP contribution < -0.4 is 15.8 Å². The van der Waals surface area contributed by atoms with Crippen LogP contribution in [0, 0.1) is 0 Å². The van der Waals surface area contributed by atoms with Gasteiger partial charge >= 0.3 is 5.97 Å². The normalized spacial score (nSPS) is 22.4. The van der Waals surface area contributed by atoms with Gasteiger partial charge in [-0.3, -0.25) is 19.2 Å². The third-order valence-electron chi connectivity index (χ3n) is 4.25. The van der Waals surface area contributed by atoms with Gasteiger partial charge in [0, 0.05) is 11.4 Å². The molecule has 1 fully saturated rings. The molecule has 1 saturated heterocycles. The summed E-state index contributed by atoms with van der Waals surface area (Å²) in [5, 5.41) is 11.3. The van der Waals surface area contributed by atoms with E-state index in [1.807, 2.05) is 0 Å². The molecule has 0 aliphatic carbocycles. The van der Waals surface area contributed by atoms with Gasteiger partial charge in [-0.2, -0.15) is 0 Å². The molecule has 0 saturated carbocycles. The van der Waals surface area contributed by atoms with Crippen LogP contribution in [0.25, 0.3) is 0 Å². The number of hydrogen-bond acceptors (Lipinski definition) is 7. The fourth-order valence-electron chi connectivity index (χ4n) is 2.99. The topological polar surface area (TPSA) is 159 Å². The van der Waals surface area contributed by atoms with Gasteiger partial charge in [-0.25, -0.2) is 13.2 Å². The number of nitrogens with zero attached hydrogens (tertiary/aromatic N) is 1. The minimum absolute atomic E-state index is 0.0590. The summed E-state index contributed by atoms with van der Waals surface area (Å²) in [6.07, 6.45) is 0.994. The molecule has 10 nitrogen and oxygen atoms in total. The largest absolute Gasteiger partial charge is 0.477 e. The molecule has 3 rings (SSSR count). The zero-order chi connectivity index (χ0) is 21.5. The number of rotatable bonds is 6. The van der Waals surface area contributed by atoms with Crippen LogP contribution in [-0.4, -0.2) is 59.6 Å². The number of carbonyl (C=O) groups is 3. The first kappa shape index (κ1) is 21.4. The van der Waals surface area contributed by atoms with Crippen LogP contribution in [0.3, 0.4) is 0 Å². The smallest absolute Gasteiger partial charge is 0.353 e. The number of aliphatic carboxylic acids is 1. The van der Waals surface area contributed by atoms with Crippen LogP contribution in [0.2, 0.25) is 0 Å². The maximum absolute atomic E-state index is 12.5. The number of carboxylic acids is 1. The minimum Gasteiger partial charge on any atom is -0.477 e. The van der Waals surface area contributed by atoms with E-state index in [1.165, 1.54) is 30.0 Å². The summed E-state index contributed by atoms with van der Waals surface area (Å²) >= 11 is 7.14. The van der Waals surface area contributed by atoms with E-state index in [-0.39, 0.29) is 22.2 Å². The van der Waals surface area contributed by atoms with Gasteiger partial charge in [-0.15, -0.1) is 11.8 Å². The van der Waals surface area contributed by atoms with Crippen molar-refractivity contribution >= 4 is 56.9 Å². The molecule has 156 valence electrons. The van der Waals surface area contributed by atoms with Crippen molar-refractivity contribution in [3.8, 4) is 0 Å². The van der Waals surface area contributed by atoms with Crippen molar-refractivity contribution in [3.63, 3.8) is 0 Å². The Morgan fingerprint density at radius 3 is 2.72 bits per heavy atom. The first-order valence-corrected chi connectivity index (χ1v) is 11.5. The molecule has 2 unspecified atom stereocenters. The molecule has 1 aromatic carbocycles. The molecule has 13 heteroatoms. The lowest BCUT2D eigenvalue weighted by Crippen LogP contribution is -2.70. The molecule has 2 heterocycles. The van der Waals surface area contributed by atoms with Gasteiger partial charge < -0.3 is 16.2 Å². The van der Waals surface area contributed by atoms with Crippen molar-refractivity contribution in [3.05, 3.63) is 40.6 Å². The SMILES string of the molecule is CS(=O)(=O)Nc1cccc(C(N)C(=O)NC2C(=O)N3C(C(=O)O)=C(Cl)CS[C@@H]23)c1. The Morgan fingerprint density at radius 2 is 2.10 bits per heavy atom. The number of halogens is 1. The fraction of sp³-hybridized carbons (Fsp3) is 0.312. The first-order chi connectivity index (χ1) is 13.5. The number of β-lactam (4-membered cyclic amide) rings is 1. The molecule has 0 aromatic heterocycles. The molecule has 0 bridgehead atoms. The van der Waals surface area contributed by atoms with E-state index in [0.29, 0.717) is 5.56 Å². The van der Waals surface area contributed by atoms with Gasteiger partial charge in [0.2, 0.25) is 15.9 Å². The van der Waals surface area contributed by atoms with Gasteiger partial charge in [0.05, 0.1) is 11.3 Å². The zero-order valence-corrected chi connectivity index (χ0v) is 17.3. The van der Waals surface area contributed by atoms with Gasteiger partial charge in [-0.1, -0.05) is 23.7 Å². The summed E-state index contributed by atoms with van der Waals surface area (Å²) in [6.45, 7) is 0. The lowest BCUT2D eigenvalue weighted by Gasteiger charge is -2.48. The van der Waals surface area contributed by atoms with Crippen LogP contribution in [0.1, 0.15) is 11.6 Å². The maximum atomic E-state index is 12.5. The number of carboxylic acid groups (broad SMARTS) is 1. The minimum atomic E-state index is -3.50. The van der Waals surface area contributed by atoms with Crippen molar-refractivity contribution < 1.29 is 27.9 Å². The van der Waals surface area contributed by atoms with Crippen LogP contribution in [0.5, 0.6) is 0 Å². The standard InChI is InChI=1S/C16H17ClN4O6S2/c1-29(26,27)20-8-4-2-3-7(5-8)10(18)13(22)19-11-14(23)21-12(16(24)25)9(17)6-28-15(11)21/h2-5,10-11,15,20H,6,18H2,1H3,(H,19,22)(H,24,25)/t10?,11?,15-/m0/s1. The average molecular weight is 461 g/mol. The molecule has 5 N–H and O–H groups in total. The van der Waals surface area contributed by atoms with Crippen molar-refractivity contribution in [2.45, 2.75) is 17.5 Å². The van der Waals surface area contributed by atoms with E-state index in [9.17, 15) is 27.9 Å². The Kier molecular flexibility index (Phi) is 5.81. The Bertz CT molecular complexity index is 1030. The van der Waals surface area contributed by atoms with Crippen LogP contribution in [0.4, 0.5) is 5.69 Å². The summed E-state index contributed by atoms with van der Waals surface area (Å²) in [7, 11) is -3.50. The number of nitrogens with two attached hydrogens (primary N) is 1. The highest BCUT2D eigenvalue weighted by Gasteiger charge is 2.54. The third-order valence-corrected chi connectivity index (χ3v) is 6.61. The summed E-state index contributed by atoms with van der Waals surface area (Å²) in [4.78, 5) is 37.3. The van der Waals surface area contributed by atoms with E-state index in [2.05, 4.69) is 10.0 Å². The summed E-state index contributed by atoms with van der Waals surface area (Å²) in [5.41, 5.74) is 6.26. The molecule has 2 aliphatic rings. The van der Waals surface area contributed by atoms with Crippen molar-refractivity contribution in [2.24, 2.45) is 5.73 Å². The van der Waals surface area contributed by atoms with Crippen molar-refractivity contribution in [2.75, 3.05) is 16.7 Å². The van der Waals surface area contributed by atoms with Gasteiger partial charge in [0.1, 0.15) is 23.2 Å². The number of anilines is 1. The van der Waals surface area contributed by atoms with E-state index >= 15 is 0 Å². The Labute approximate surface area is 175 Å². The van der Waals surface area contributed by atoms with Crippen LogP contribution in [0.15, 0.2) is 35.0 Å². The van der Waals surface area contributed by atoms with E-state index in [1.54, 1.807) is 6.07 Å². The number of fused-ring (bicyclic) bond motifs is 1. The quantitative estimate of drug-likeness (QED) is 0.431. The Hall–Kier alpha value is -2.28. The average Bonchev–Trinajstić information content (AvgIpc) is 2.63. The van der Waals surface area contributed by atoms with Gasteiger partial charge in [0.25, 0.3) is 5.91 Å².